The Morgan fingerprint density at radius 3 is 1.57 bits per heavy atom. The highest BCUT2D eigenvalue weighted by atomic mass is 32.2. The Balaban J connectivity index is 0.000000211. The van der Waals surface area contributed by atoms with Gasteiger partial charge < -0.3 is 14.8 Å². The van der Waals surface area contributed by atoms with Gasteiger partial charge in [-0.1, -0.05) is 49.9 Å². The first-order chi connectivity index (χ1) is 21.5. The van der Waals surface area contributed by atoms with E-state index in [0.29, 0.717) is 10.5 Å². The topological polar surface area (TPSA) is 122 Å². The molecule has 3 saturated heterocycles. The Bertz CT molecular complexity index is 1480. The first-order valence-electron chi connectivity index (χ1n) is 16.3. The number of ether oxygens (including phenoxy) is 2. The quantitative estimate of drug-likeness (QED) is 0.287. The van der Waals surface area contributed by atoms with Gasteiger partial charge in [-0.15, -0.1) is 0 Å². The number of likely N-dealkylation sites (tertiary alicyclic amines) is 1. The highest BCUT2D eigenvalue weighted by Gasteiger charge is 2.66. The average molecular weight is 679 g/mol. The lowest BCUT2D eigenvalue weighted by atomic mass is 9.91. The Kier molecular flexibility index (Phi) is 13.2. The molecule has 3 heterocycles. The number of benzene rings is 2. The van der Waals surface area contributed by atoms with Crippen LogP contribution in [0.1, 0.15) is 95.0 Å². The van der Waals surface area contributed by atoms with E-state index in [1.54, 1.807) is 43.5 Å². The molecule has 0 aromatic heterocycles. The summed E-state index contributed by atoms with van der Waals surface area (Å²) in [5.41, 5.74) is 0.463. The van der Waals surface area contributed by atoms with E-state index in [0.717, 1.165) is 31.5 Å². The summed E-state index contributed by atoms with van der Waals surface area (Å²) in [6.45, 7) is 12.2. The van der Waals surface area contributed by atoms with Crippen LogP contribution in [0.2, 0.25) is 0 Å². The average Bonchev–Trinajstić information content (AvgIpc) is 3.76. The summed E-state index contributed by atoms with van der Waals surface area (Å²) >= 11 is 0. The summed E-state index contributed by atoms with van der Waals surface area (Å²) in [5.74, 6) is -0.697. The number of carbonyl (C=O) groups is 1. The van der Waals surface area contributed by atoms with Gasteiger partial charge in [-0.2, -0.15) is 0 Å². The second-order valence-corrected chi connectivity index (χ2v) is 17.5. The molecule has 0 amide bonds. The normalized spacial score (nSPS) is 22.2. The molecule has 3 fully saturated rings. The van der Waals surface area contributed by atoms with Gasteiger partial charge >= 0.3 is 0 Å². The maximum atomic E-state index is 12.8. The van der Waals surface area contributed by atoms with Crippen molar-refractivity contribution >= 4 is 25.5 Å². The van der Waals surface area contributed by atoms with E-state index in [1.165, 1.54) is 76.3 Å². The van der Waals surface area contributed by atoms with Crippen LogP contribution >= 0.6 is 0 Å². The second-order valence-electron chi connectivity index (χ2n) is 13.5. The summed E-state index contributed by atoms with van der Waals surface area (Å²) in [6, 6.07) is 12.9. The molecule has 1 N–H and O–H groups in total. The third kappa shape index (κ3) is 9.93. The number of nitrogens with zero attached hydrogens (tertiary/aromatic N) is 1. The van der Waals surface area contributed by atoms with Crippen molar-refractivity contribution in [3.63, 3.8) is 0 Å². The van der Waals surface area contributed by atoms with Gasteiger partial charge in [0.1, 0.15) is 5.60 Å². The maximum Gasteiger partial charge on any atom is 0.225 e. The van der Waals surface area contributed by atoms with Crippen LogP contribution < -0.4 is 5.32 Å². The van der Waals surface area contributed by atoms with Gasteiger partial charge in [0.25, 0.3) is 0 Å². The molecule has 46 heavy (non-hydrogen) atoms. The number of nitrogens with one attached hydrogen (secondary N) is 1. The van der Waals surface area contributed by atoms with Gasteiger partial charge in [0.15, 0.2) is 25.5 Å². The van der Waals surface area contributed by atoms with Crippen molar-refractivity contribution in [1.82, 2.24) is 10.2 Å². The molecule has 11 heteroatoms. The molecule has 0 spiro atoms. The minimum atomic E-state index is -3.23. The largest absolute Gasteiger partial charge is 0.347 e. The monoisotopic (exact) mass is 678 g/mol. The molecule has 9 nitrogen and oxygen atoms in total. The third-order valence-corrected chi connectivity index (χ3v) is 11.3. The van der Waals surface area contributed by atoms with Crippen LogP contribution in [0.3, 0.4) is 0 Å². The van der Waals surface area contributed by atoms with Crippen molar-refractivity contribution in [2.24, 2.45) is 0 Å². The third-order valence-electron chi connectivity index (χ3n) is 9.05. The Hall–Kier alpha value is -2.15. The zero-order chi connectivity index (χ0) is 34.2. The Labute approximate surface area is 277 Å². The smallest absolute Gasteiger partial charge is 0.225 e. The van der Waals surface area contributed by atoms with Crippen LogP contribution in [0.25, 0.3) is 0 Å². The lowest BCUT2D eigenvalue weighted by Crippen LogP contribution is -2.50. The van der Waals surface area contributed by atoms with Crippen molar-refractivity contribution in [2.75, 3.05) is 45.8 Å². The molecular formula is C35H54N2O7S2. The van der Waals surface area contributed by atoms with Gasteiger partial charge in [0, 0.05) is 30.7 Å². The van der Waals surface area contributed by atoms with Gasteiger partial charge in [0.2, 0.25) is 5.79 Å². The summed E-state index contributed by atoms with van der Waals surface area (Å²) in [7, 11) is -4.81. The van der Waals surface area contributed by atoms with E-state index in [9.17, 15) is 21.6 Å². The lowest BCUT2D eigenvalue weighted by molar-refractivity contribution is -0.0148. The minimum absolute atomic E-state index is 0.0504. The number of hydrogen-bond acceptors (Lipinski definition) is 9. The molecule has 0 radical (unpaired) electrons. The molecule has 3 aliphatic heterocycles. The Morgan fingerprint density at radius 1 is 0.761 bits per heavy atom. The Morgan fingerprint density at radius 2 is 1.17 bits per heavy atom. The van der Waals surface area contributed by atoms with E-state index >= 15 is 0 Å². The fourth-order valence-corrected chi connectivity index (χ4v) is 7.29. The molecular weight excluding hydrogens is 625 g/mol. The highest BCUT2D eigenvalue weighted by Crippen LogP contribution is 2.55. The van der Waals surface area contributed by atoms with Gasteiger partial charge in [0.05, 0.1) is 15.3 Å². The van der Waals surface area contributed by atoms with E-state index in [-0.39, 0.29) is 16.3 Å². The molecule has 1 atom stereocenters. The summed E-state index contributed by atoms with van der Waals surface area (Å²) in [5, 5.41) is 3.35. The number of carbonyl (C=O) groups excluding carboxylic acids is 1. The SMILES string of the molecule is C1CCCNCC1.CC(C)(C(=O)c1ccc(S(C)(=O)=O)cc1)N1CCCCCC1.COC1(c2ccc(S(C)(=O)=O)cc2)OC1(C)C. The molecule has 0 saturated carbocycles. The first-order valence-corrected chi connectivity index (χ1v) is 20.1. The van der Waals surface area contributed by atoms with Crippen molar-refractivity contribution < 1.29 is 31.1 Å². The number of Topliss-reactive ketones (excluding diaryl/α,β-unsaturated/α-hetero) is 1. The number of rotatable bonds is 7. The van der Waals surface area contributed by atoms with E-state index in [1.807, 2.05) is 27.7 Å². The van der Waals surface area contributed by atoms with Gasteiger partial charge in [-0.05, 0) is 104 Å². The molecule has 2 aromatic rings. The van der Waals surface area contributed by atoms with E-state index < -0.39 is 31.0 Å². The van der Waals surface area contributed by atoms with Crippen LogP contribution in [-0.4, -0.2) is 84.5 Å². The number of ketones is 1. The fourth-order valence-electron chi connectivity index (χ4n) is 6.03. The van der Waals surface area contributed by atoms with Crippen LogP contribution in [0.5, 0.6) is 0 Å². The summed E-state index contributed by atoms with van der Waals surface area (Å²) in [4.78, 5) is 15.6. The van der Waals surface area contributed by atoms with Crippen LogP contribution in [-0.2, 0) is 34.9 Å². The maximum absolute atomic E-state index is 12.8. The fraction of sp³-hybridized carbons (Fsp3) is 0.629. The lowest BCUT2D eigenvalue weighted by Gasteiger charge is -2.36. The van der Waals surface area contributed by atoms with Crippen molar-refractivity contribution in [2.45, 2.75) is 106 Å². The molecule has 0 bridgehead atoms. The van der Waals surface area contributed by atoms with Crippen molar-refractivity contribution in [3.8, 4) is 0 Å². The summed E-state index contributed by atoms with van der Waals surface area (Å²) < 4.78 is 56.7. The van der Waals surface area contributed by atoms with Gasteiger partial charge in [-0.3, -0.25) is 9.69 Å². The van der Waals surface area contributed by atoms with Crippen molar-refractivity contribution in [3.05, 3.63) is 59.7 Å². The standard InChI is InChI=1S/C17H25NO3S.C12H16O4S.C6H13N/c1-17(2,18-12-6-4-5-7-13-18)16(19)14-8-10-15(11-9-14)22(3,20)21;1-11(2)12(15-3,16-11)9-5-7-10(8-6-9)17(4,13)14;1-2-4-6-7-5-3-1/h8-11H,4-7,12-13H2,1-3H3;5-8H,1-4H3;7H,1-6H2. The first kappa shape index (κ1) is 38.3. The second kappa shape index (κ2) is 15.8. The summed E-state index contributed by atoms with van der Waals surface area (Å²) in [6.07, 6.45) is 12.7. The van der Waals surface area contributed by atoms with Crippen molar-refractivity contribution in [1.29, 1.82) is 0 Å². The number of epoxide rings is 1. The number of hydrogen-bond donors (Lipinski definition) is 1. The van der Waals surface area contributed by atoms with E-state index in [4.69, 9.17) is 9.47 Å². The molecule has 0 aliphatic carbocycles. The molecule has 5 rings (SSSR count). The minimum Gasteiger partial charge on any atom is -0.347 e. The molecule has 3 aliphatic rings. The zero-order valence-electron chi connectivity index (χ0n) is 28.7. The van der Waals surface area contributed by atoms with E-state index in [2.05, 4.69) is 10.2 Å². The molecule has 258 valence electrons. The highest BCUT2D eigenvalue weighted by molar-refractivity contribution is 7.91. The van der Waals surface area contributed by atoms with Crippen LogP contribution in [0.4, 0.5) is 0 Å². The number of sulfone groups is 2. The van der Waals surface area contributed by atoms with Crippen LogP contribution in [0.15, 0.2) is 58.3 Å². The predicted molar refractivity (Wildman–Crippen MR) is 183 cm³/mol. The molecule has 1 unspecified atom stereocenters. The predicted octanol–water partition coefficient (Wildman–Crippen LogP) is 5.78. The number of methoxy groups -OCH3 is 1. The zero-order valence-corrected chi connectivity index (χ0v) is 30.4. The van der Waals surface area contributed by atoms with Crippen LogP contribution in [0, 0.1) is 0 Å². The molecule has 2 aromatic carbocycles. The van der Waals surface area contributed by atoms with Gasteiger partial charge in [-0.25, -0.2) is 16.8 Å².